The summed E-state index contributed by atoms with van der Waals surface area (Å²) in [5.41, 5.74) is 0.559. The van der Waals surface area contributed by atoms with E-state index in [0.717, 1.165) is 27.7 Å². The maximum Gasteiger partial charge on any atom is 0.249 e. The number of hydrogen-bond donors (Lipinski definition) is 1. The molecule has 2 aromatic carbocycles. The summed E-state index contributed by atoms with van der Waals surface area (Å²) in [7, 11) is 1.64. The molecule has 0 fully saturated rings. The standard InChI is InChI=1S/C19H18N2O2/c1-12(2)21-18(22)19(11-20)10-17(19)15-5-4-14-9-16(23-3)7-6-13(14)8-15/h4-10,12H,1-3H3,(H,21,22). The fourth-order valence-electron chi connectivity index (χ4n) is 2.72. The largest absolute Gasteiger partial charge is 0.497 e. The Bertz CT molecular complexity index is 861. The maximum atomic E-state index is 12.3. The van der Waals surface area contributed by atoms with Crippen molar-refractivity contribution in [1.29, 1.82) is 5.26 Å². The number of hydrogen-bond acceptors (Lipinski definition) is 3. The van der Waals surface area contributed by atoms with Gasteiger partial charge in [0.05, 0.1) is 13.2 Å². The van der Waals surface area contributed by atoms with Gasteiger partial charge in [0.2, 0.25) is 5.91 Å². The van der Waals surface area contributed by atoms with Crippen LogP contribution in [0.2, 0.25) is 0 Å². The predicted octanol–water partition coefficient (Wildman–Crippen LogP) is 3.28. The van der Waals surface area contributed by atoms with Crippen LogP contribution in [0.4, 0.5) is 0 Å². The van der Waals surface area contributed by atoms with Gasteiger partial charge in [0, 0.05) is 6.04 Å². The highest BCUT2D eigenvalue weighted by Crippen LogP contribution is 2.51. The molecular formula is C19H18N2O2. The summed E-state index contributed by atoms with van der Waals surface area (Å²) >= 11 is 0. The van der Waals surface area contributed by atoms with E-state index in [1.807, 2.05) is 50.2 Å². The quantitative estimate of drug-likeness (QED) is 0.943. The molecule has 23 heavy (non-hydrogen) atoms. The number of nitrogens with zero attached hydrogens (tertiary/aromatic N) is 1. The second-order valence-electron chi connectivity index (χ2n) is 6.03. The van der Waals surface area contributed by atoms with Gasteiger partial charge in [0.1, 0.15) is 5.75 Å². The first-order valence-corrected chi connectivity index (χ1v) is 7.54. The molecule has 1 aliphatic carbocycles. The van der Waals surface area contributed by atoms with Gasteiger partial charge in [-0.1, -0.05) is 18.2 Å². The van der Waals surface area contributed by atoms with Gasteiger partial charge >= 0.3 is 0 Å². The zero-order chi connectivity index (χ0) is 16.6. The molecule has 3 rings (SSSR count). The lowest BCUT2D eigenvalue weighted by atomic mass is 9.95. The van der Waals surface area contributed by atoms with Crippen LogP contribution in [0.15, 0.2) is 42.5 Å². The molecule has 0 spiro atoms. The molecule has 0 saturated heterocycles. The number of nitrogens with one attached hydrogen (secondary N) is 1. The molecule has 1 atom stereocenters. The van der Waals surface area contributed by atoms with Crippen LogP contribution in [-0.2, 0) is 4.79 Å². The highest BCUT2D eigenvalue weighted by molar-refractivity contribution is 6.11. The Morgan fingerprint density at radius 1 is 1.22 bits per heavy atom. The van der Waals surface area contributed by atoms with Crippen molar-refractivity contribution in [3.8, 4) is 11.8 Å². The van der Waals surface area contributed by atoms with Crippen molar-refractivity contribution in [2.24, 2.45) is 5.41 Å². The first-order valence-electron chi connectivity index (χ1n) is 7.54. The monoisotopic (exact) mass is 306 g/mol. The normalized spacial score (nSPS) is 19.2. The zero-order valence-electron chi connectivity index (χ0n) is 13.4. The van der Waals surface area contributed by atoms with Gasteiger partial charge in [-0.05, 0) is 60.0 Å². The minimum Gasteiger partial charge on any atom is -0.497 e. The van der Waals surface area contributed by atoms with E-state index in [1.165, 1.54) is 0 Å². The van der Waals surface area contributed by atoms with Crippen molar-refractivity contribution in [1.82, 2.24) is 5.32 Å². The Labute approximate surface area is 135 Å². The Morgan fingerprint density at radius 3 is 2.57 bits per heavy atom. The lowest BCUT2D eigenvalue weighted by Crippen LogP contribution is -2.37. The van der Waals surface area contributed by atoms with Crippen LogP contribution < -0.4 is 10.1 Å². The second-order valence-corrected chi connectivity index (χ2v) is 6.03. The lowest BCUT2D eigenvalue weighted by molar-refractivity contribution is -0.123. The number of ether oxygens (including phenoxy) is 1. The summed E-state index contributed by atoms with van der Waals surface area (Å²) < 4.78 is 5.22. The van der Waals surface area contributed by atoms with Crippen LogP contribution in [-0.4, -0.2) is 19.1 Å². The third-order valence-corrected chi connectivity index (χ3v) is 4.02. The number of benzene rings is 2. The van der Waals surface area contributed by atoms with Crippen molar-refractivity contribution in [3.05, 3.63) is 48.0 Å². The highest BCUT2D eigenvalue weighted by Gasteiger charge is 2.52. The summed E-state index contributed by atoms with van der Waals surface area (Å²) in [6.07, 6.45) is 1.73. The van der Waals surface area contributed by atoms with E-state index in [1.54, 1.807) is 13.2 Å². The smallest absolute Gasteiger partial charge is 0.249 e. The van der Waals surface area contributed by atoms with E-state index in [0.29, 0.717) is 0 Å². The van der Waals surface area contributed by atoms with E-state index in [4.69, 9.17) is 4.74 Å². The SMILES string of the molecule is COc1ccc2cc(C3=CC3(C#N)C(=O)NC(C)C)ccc2c1. The highest BCUT2D eigenvalue weighted by atomic mass is 16.5. The Morgan fingerprint density at radius 2 is 1.91 bits per heavy atom. The molecule has 0 saturated carbocycles. The van der Waals surface area contributed by atoms with Crippen LogP contribution in [0, 0.1) is 16.7 Å². The van der Waals surface area contributed by atoms with E-state index < -0.39 is 5.41 Å². The zero-order valence-corrected chi connectivity index (χ0v) is 13.4. The van der Waals surface area contributed by atoms with Gasteiger partial charge in [-0.15, -0.1) is 0 Å². The van der Waals surface area contributed by atoms with Crippen LogP contribution in [0.25, 0.3) is 16.3 Å². The summed E-state index contributed by atoms with van der Waals surface area (Å²) in [4.78, 5) is 12.3. The van der Waals surface area contributed by atoms with Crippen molar-refractivity contribution < 1.29 is 9.53 Å². The summed E-state index contributed by atoms with van der Waals surface area (Å²) in [5.74, 6) is 0.554. The first-order chi connectivity index (χ1) is 11.0. The number of rotatable bonds is 4. The van der Waals surface area contributed by atoms with Crippen molar-refractivity contribution in [2.75, 3.05) is 7.11 Å². The molecule has 1 unspecified atom stereocenters. The van der Waals surface area contributed by atoms with Gasteiger partial charge in [-0.25, -0.2) is 0 Å². The van der Waals surface area contributed by atoms with Gasteiger partial charge in [-0.3, -0.25) is 4.79 Å². The number of nitriles is 1. The average Bonchev–Trinajstić information content (AvgIpc) is 3.29. The third-order valence-electron chi connectivity index (χ3n) is 4.02. The van der Waals surface area contributed by atoms with Crippen molar-refractivity contribution in [3.63, 3.8) is 0 Å². The molecule has 116 valence electrons. The molecular weight excluding hydrogens is 288 g/mol. The molecule has 1 aliphatic rings. The molecule has 0 radical (unpaired) electrons. The minimum absolute atomic E-state index is 0.00652. The van der Waals surface area contributed by atoms with Crippen molar-refractivity contribution in [2.45, 2.75) is 19.9 Å². The molecule has 0 aromatic heterocycles. The van der Waals surface area contributed by atoms with Crippen LogP contribution in [0.5, 0.6) is 5.75 Å². The lowest BCUT2D eigenvalue weighted by Gasteiger charge is -2.14. The topological polar surface area (TPSA) is 62.1 Å². The molecule has 1 N–H and O–H groups in total. The fraction of sp³-hybridized carbons (Fsp3) is 0.263. The maximum absolute atomic E-state index is 12.3. The Kier molecular flexibility index (Phi) is 3.57. The second kappa shape index (κ2) is 5.44. The molecule has 0 bridgehead atoms. The Hall–Kier alpha value is -2.80. The number of carbonyl (C=O) groups is 1. The van der Waals surface area contributed by atoms with Gasteiger partial charge < -0.3 is 10.1 Å². The van der Waals surface area contributed by atoms with Crippen molar-refractivity contribution >= 4 is 22.3 Å². The third kappa shape index (κ3) is 2.55. The molecule has 1 amide bonds. The first kappa shape index (κ1) is 15.1. The number of carbonyl (C=O) groups excluding carboxylic acids is 1. The molecule has 4 heteroatoms. The molecule has 0 heterocycles. The molecule has 0 aliphatic heterocycles. The van der Waals surface area contributed by atoms with Gasteiger partial charge in [0.25, 0.3) is 0 Å². The summed E-state index contributed by atoms with van der Waals surface area (Å²) in [5, 5.41) is 14.4. The predicted molar refractivity (Wildman–Crippen MR) is 89.8 cm³/mol. The Balaban J connectivity index is 1.91. The number of amides is 1. The fourth-order valence-corrected chi connectivity index (χ4v) is 2.72. The molecule has 2 aromatic rings. The molecule has 4 nitrogen and oxygen atoms in total. The number of fused-ring (bicyclic) bond motifs is 1. The van der Waals surface area contributed by atoms with Crippen LogP contribution in [0.1, 0.15) is 19.4 Å². The van der Waals surface area contributed by atoms with Gasteiger partial charge in [0.15, 0.2) is 5.41 Å². The van der Waals surface area contributed by atoms with E-state index in [-0.39, 0.29) is 11.9 Å². The van der Waals surface area contributed by atoms with Crippen LogP contribution in [0.3, 0.4) is 0 Å². The average molecular weight is 306 g/mol. The van der Waals surface area contributed by atoms with Gasteiger partial charge in [-0.2, -0.15) is 5.26 Å². The minimum atomic E-state index is -1.12. The van der Waals surface area contributed by atoms with Crippen LogP contribution >= 0.6 is 0 Å². The van der Waals surface area contributed by atoms with E-state index in [9.17, 15) is 10.1 Å². The summed E-state index contributed by atoms with van der Waals surface area (Å²) in [6, 6.07) is 13.9. The van der Waals surface area contributed by atoms with E-state index in [2.05, 4.69) is 11.4 Å². The number of methoxy groups -OCH3 is 1. The summed E-state index contributed by atoms with van der Waals surface area (Å²) in [6.45, 7) is 3.77. The van der Waals surface area contributed by atoms with E-state index >= 15 is 0 Å².